The quantitative estimate of drug-likeness (QED) is 0.630. The third-order valence-electron chi connectivity index (χ3n) is 3.54. The van der Waals surface area contributed by atoms with Gasteiger partial charge in [0.05, 0.1) is 11.4 Å². The molecule has 0 aromatic heterocycles. The Hall–Kier alpha value is -2.80. The van der Waals surface area contributed by atoms with E-state index in [-0.39, 0.29) is 0 Å². The molecule has 0 radical (unpaired) electrons. The third-order valence-corrected chi connectivity index (χ3v) is 3.54. The van der Waals surface area contributed by atoms with Gasteiger partial charge in [-0.05, 0) is 48.2 Å². The number of para-hydroxylation sites is 1. The zero-order valence-electron chi connectivity index (χ0n) is 11.9. The van der Waals surface area contributed by atoms with Gasteiger partial charge in [0.25, 0.3) is 0 Å². The fourth-order valence-corrected chi connectivity index (χ4v) is 2.25. The van der Waals surface area contributed by atoms with Crippen molar-refractivity contribution in [1.82, 2.24) is 0 Å². The average Bonchev–Trinajstić information content (AvgIpc) is 2.49. The smallest absolute Gasteiger partial charge is 0.211 e. The number of hydrogen-bond donors (Lipinski definition) is 0. The van der Waals surface area contributed by atoms with Crippen LogP contribution in [0.4, 0.5) is 11.4 Å². The first-order valence-electron chi connectivity index (χ1n) is 6.50. The van der Waals surface area contributed by atoms with Crippen LogP contribution in [0, 0.1) is 13.8 Å². The third kappa shape index (κ3) is 3.21. The summed E-state index contributed by atoms with van der Waals surface area (Å²) >= 11 is 0. The van der Waals surface area contributed by atoms with Crippen LogP contribution in [0.1, 0.15) is 22.3 Å². The minimum atomic E-state index is 0.537. The fourth-order valence-electron chi connectivity index (χ4n) is 2.25. The summed E-state index contributed by atoms with van der Waals surface area (Å²) in [6.07, 6.45) is 3.69. The second-order valence-electron chi connectivity index (χ2n) is 4.72. The van der Waals surface area contributed by atoms with Gasteiger partial charge in [-0.2, -0.15) is 9.98 Å². The fraction of sp³-hybridized carbons (Fsp3) is 0.176. The molecule has 4 nitrogen and oxygen atoms in total. The Morgan fingerprint density at radius 3 is 2.29 bits per heavy atom. The molecule has 0 fully saturated rings. The summed E-state index contributed by atoms with van der Waals surface area (Å²) in [5, 5.41) is 0. The van der Waals surface area contributed by atoms with Crippen LogP contribution < -0.4 is 0 Å². The van der Waals surface area contributed by atoms with Crippen molar-refractivity contribution in [3.63, 3.8) is 0 Å². The minimum Gasteiger partial charge on any atom is -0.211 e. The summed E-state index contributed by atoms with van der Waals surface area (Å²) in [6.45, 7) is 3.99. The average molecular weight is 278 g/mol. The van der Waals surface area contributed by atoms with Crippen molar-refractivity contribution in [2.75, 3.05) is 0 Å². The van der Waals surface area contributed by atoms with Crippen molar-refractivity contribution in [2.24, 2.45) is 9.98 Å². The van der Waals surface area contributed by atoms with Crippen LogP contribution in [0.3, 0.4) is 0 Å². The number of hydrogen-bond acceptors (Lipinski definition) is 4. The molecule has 0 saturated heterocycles. The summed E-state index contributed by atoms with van der Waals surface area (Å²) in [7, 11) is 0. The Kier molecular flexibility index (Phi) is 4.57. The maximum absolute atomic E-state index is 10.6. The molecule has 0 atom stereocenters. The van der Waals surface area contributed by atoms with E-state index >= 15 is 0 Å². The van der Waals surface area contributed by atoms with E-state index in [0.29, 0.717) is 17.8 Å². The van der Waals surface area contributed by atoms with Gasteiger partial charge in [-0.1, -0.05) is 24.3 Å². The van der Waals surface area contributed by atoms with Gasteiger partial charge in [0.2, 0.25) is 12.2 Å². The first-order chi connectivity index (χ1) is 10.2. The highest BCUT2D eigenvalue weighted by Gasteiger charge is 2.11. The van der Waals surface area contributed by atoms with Crippen molar-refractivity contribution in [3.8, 4) is 0 Å². The monoisotopic (exact) mass is 278 g/mol. The number of carbonyl (C=O) groups excluding carboxylic acids is 2. The lowest BCUT2D eigenvalue weighted by Crippen LogP contribution is -1.95. The molecule has 0 spiro atoms. The second kappa shape index (κ2) is 6.58. The number of nitrogens with zero attached hydrogens (tertiary/aromatic N) is 2. The van der Waals surface area contributed by atoms with Crippen molar-refractivity contribution >= 4 is 23.5 Å². The largest absolute Gasteiger partial charge is 0.240 e. The number of aryl methyl sites for hydroxylation is 1. The molecule has 0 aliphatic rings. The van der Waals surface area contributed by atoms with E-state index in [1.807, 2.05) is 38.1 Å². The zero-order chi connectivity index (χ0) is 15.2. The van der Waals surface area contributed by atoms with Crippen LogP contribution in [-0.2, 0) is 16.0 Å². The molecule has 0 aliphatic carbocycles. The van der Waals surface area contributed by atoms with E-state index in [2.05, 4.69) is 9.98 Å². The summed E-state index contributed by atoms with van der Waals surface area (Å²) in [5.41, 5.74) is 5.18. The van der Waals surface area contributed by atoms with E-state index in [9.17, 15) is 9.59 Å². The first kappa shape index (κ1) is 14.6. The van der Waals surface area contributed by atoms with Crippen LogP contribution in [0.2, 0.25) is 0 Å². The van der Waals surface area contributed by atoms with Crippen LogP contribution in [0.25, 0.3) is 0 Å². The lowest BCUT2D eigenvalue weighted by atomic mass is 9.95. The molecule has 0 saturated carbocycles. The van der Waals surface area contributed by atoms with Crippen LogP contribution in [0.15, 0.2) is 46.4 Å². The Labute approximate surface area is 122 Å². The highest BCUT2D eigenvalue weighted by atomic mass is 16.1. The molecule has 0 heterocycles. The summed E-state index contributed by atoms with van der Waals surface area (Å²) < 4.78 is 0. The van der Waals surface area contributed by atoms with E-state index < -0.39 is 0 Å². The predicted molar refractivity (Wildman–Crippen MR) is 80.7 cm³/mol. The van der Waals surface area contributed by atoms with E-state index in [4.69, 9.17) is 0 Å². The van der Waals surface area contributed by atoms with Gasteiger partial charge in [-0.15, -0.1) is 0 Å². The summed E-state index contributed by atoms with van der Waals surface area (Å²) in [4.78, 5) is 28.6. The normalized spacial score (nSPS) is 9.62. The van der Waals surface area contributed by atoms with Crippen molar-refractivity contribution < 1.29 is 9.59 Å². The molecule has 0 amide bonds. The number of benzene rings is 2. The van der Waals surface area contributed by atoms with Crippen molar-refractivity contribution in [1.29, 1.82) is 0 Å². The number of aliphatic imine (C=N–C) groups is 2. The van der Waals surface area contributed by atoms with E-state index in [1.165, 1.54) is 0 Å². The molecule has 0 unspecified atom stereocenters. The topological polar surface area (TPSA) is 58.9 Å². The SMILES string of the molecule is Cc1ccc(N=C=O)c(Cc2ccccc2N=C=O)c1C. The molecule has 4 heteroatoms. The van der Waals surface area contributed by atoms with Gasteiger partial charge in [0.15, 0.2) is 0 Å². The van der Waals surface area contributed by atoms with Crippen LogP contribution >= 0.6 is 0 Å². The molecule has 104 valence electrons. The lowest BCUT2D eigenvalue weighted by molar-refractivity contribution is 0.564. The molecule has 2 aromatic carbocycles. The van der Waals surface area contributed by atoms with Gasteiger partial charge in [-0.25, -0.2) is 9.59 Å². The zero-order valence-corrected chi connectivity index (χ0v) is 11.9. The van der Waals surface area contributed by atoms with Crippen LogP contribution in [-0.4, -0.2) is 12.2 Å². The Morgan fingerprint density at radius 1 is 0.905 bits per heavy atom. The Morgan fingerprint density at radius 2 is 1.57 bits per heavy atom. The molecule has 0 N–H and O–H groups in total. The second-order valence-corrected chi connectivity index (χ2v) is 4.72. The van der Waals surface area contributed by atoms with Crippen molar-refractivity contribution in [3.05, 3.63) is 58.7 Å². The molecule has 21 heavy (non-hydrogen) atoms. The molecular weight excluding hydrogens is 264 g/mol. The lowest BCUT2D eigenvalue weighted by Gasteiger charge is -2.12. The molecule has 0 bridgehead atoms. The first-order valence-corrected chi connectivity index (χ1v) is 6.50. The van der Waals surface area contributed by atoms with Gasteiger partial charge in [0, 0.05) is 6.42 Å². The summed E-state index contributed by atoms with van der Waals surface area (Å²) in [5.74, 6) is 0. The molecular formula is C17H14N2O2. The van der Waals surface area contributed by atoms with Gasteiger partial charge in [-0.3, -0.25) is 0 Å². The maximum atomic E-state index is 10.6. The van der Waals surface area contributed by atoms with E-state index in [1.54, 1.807) is 24.3 Å². The minimum absolute atomic E-state index is 0.537. The van der Waals surface area contributed by atoms with Gasteiger partial charge >= 0.3 is 0 Å². The maximum Gasteiger partial charge on any atom is 0.240 e. The Bertz CT molecular complexity index is 768. The number of isocyanates is 2. The number of rotatable bonds is 4. The summed E-state index contributed by atoms with van der Waals surface area (Å²) in [6, 6.07) is 11.1. The Balaban J connectivity index is 2.56. The van der Waals surface area contributed by atoms with Crippen molar-refractivity contribution in [2.45, 2.75) is 20.3 Å². The predicted octanol–water partition coefficient (Wildman–Crippen LogP) is 3.83. The van der Waals surface area contributed by atoms with E-state index in [0.717, 1.165) is 22.3 Å². The van der Waals surface area contributed by atoms with Gasteiger partial charge < -0.3 is 0 Å². The highest BCUT2D eigenvalue weighted by molar-refractivity contribution is 5.61. The molecule has 2 rings (SSSR count). The highest BCUT2D eigenvalue weighted by Crippen LogP contribution is 2.30. The van der Waals surface area contributed by atoms with Gasteiger partial charge in [0.1, 0.15) is 0 Å². The van der Waals surface area contributed by atoms with Crippen LogP contribution in [0.5, 0.6) is 0 Å². The standard InChI is InChI=1S/C17H14N2O2/c1-12-7-8-17(19-11-21)15(13(12)2)9-14-5-3-4-6-16(14)18-10-20/h3-8H,9H2,1-2H3. The molecule has 2 aromatic rings. The molecule has 0 aliphatic heterocycles.